The second-order valence-electron chi connectivity index (χ2n) is 6.10. The lowest BCUT2D eigenvalue weighted by Crippen LogP contribution is -2.23. The maximum Gasteiger partial charge on any atom is 0.293 e. The summed E-state index contributed by atoms with van der Waals surface area (Å²) < 4.78 is 0. The first kappa shape index (κ1) is 18.3. The van der Waals surface area contributed by atoms with Gasteiger partial charge in [-0.2, -0.15) is 0 Å². The zero-order valence-corrected chi connectivity index (χ0v) is 14.8. The van der Waals surface area contributed by atoms with Crippen LogP contribution in [0.3, 0.4) is 0 Å². The van der Waals surface area contributed by atoms with Crippen LogP contribution in [0.25, 0.3) is 0 Å². The van der Waals surface area contributed by atoms with Crippen LogP contribution in [0.4, 0.5) is 17.1 Å². The van der Waals surface area contributed by atoms with Crippen molar-refractivity contribution in [2.24, 2.45) is 0 Å². The molecule has 0 fully saturated rings. The standard InChI is InChI=1S/C18H22N4O3/c1-20(2)15-8-5-13(6-9-15)12-19-18(23)14-7-10-16(21(3)4)17(11-14)22(24)25/h5-11H,12H2,1-4H3,(H,19,23). The Hall–Kier alpha value is -3.09. The molecule has 0 saturated heterocycles. The van der Waals surface area contributed by atoms with Gasteiger partial charge in [-0.25, -0.2) is 0 Å². The Bertz CT molecular complexity index is 770. The van der Waals surface area contributed by atoms with Crippen molar-refractivity contribution in [3.05, 3.63) is 63.7 Å². The first-order valence-electron chi connectivity index (χ1n) is 7.80. The summed E-state index contributed by atoms with van der Waals surface area (Å²) in [6, 6.07) is 12.3. The molecule has 0 radical (unpaired) electrons. The number of rotatable bonds is 6. The summed E-state index contributed by atoms with van der Waals surface area (Å²) in [6.07, 6.45) is 0. The van der Waals surface area contributed by atoms with Gasteiger partial charge in [-0.1, -0.05) is 12.1 Å². The molecule has 0 bridgehead atoms. The Morgan fingerprint density at radius 1 is 1.04 bits per heavy atom. The summed E-state index contributed by atoms with van der Waals surface area (Å²) in [5.74, 6) is -0.343. The summed E-state index contributed by atoms with van der Waals surface area (Å²) in [4.78, 5) is 26.7. The number of amides is 1. The van der Waals surface area contributed by atoms with Crippen LogP contribution in [-0.4, -0.2) is 39.0 Å². The quantitative estimate of drug-likeness (QED) is 0.645. The number of nitro groups is 1. The van der Waals surface area contributed by atoms with Crippen LogP contribution in [0, 0.1) is 10.1 Å². The smallest absolute Gasteiger partial charge is 0.293 e. The summed E-state index contributed by atoms with van der Waals surface area (Å²) in [5.41, 5.74) is 2.67. The minimum atomic E-state index is -0.480. The molecule has 7 heteroatoms. The molecule has 7 nitrogen and oxygen atoms in total. The number of nitrogens with zero attached hydrogens (tertiary/aromatic N) is 3. The lowest BCUT2D eigenvalue weighted by molar-refractivity contribution is -0.384. The Morgan fingerprint density at radius 2 is 1.68 bits per heavy atom. The maximum absolute atomic E-state index is 12.3. The van der Waals surface area contributed by atoms with Crippen LogP contribution in [0.1, 0.15) is 15.9 Å². The van der Waals surface area contributed by atoms with Gasteiger partial charge in [0.2, 0.25) is 0 Å². The second-order valence-corrected chi connectivity index (χ2v) is 6.10. The molecule has 0 saturated carbocycles. The third kappa shape index (κ3) is 4.47. The van der Waals surface area contributed by atoms with Gasteiger partial charge >= 0.3 is 0 Å². The van der Waals surface area contributed by atoms with Gasteiger partial charge in [-0.05, 0) is 29.8 Å². The monoisotopic (exact) mass is 342 g/mol. The molecule has 1 N–H and O–H groups in total. The minimum absolute atomic E-state index is 0.0898. The van der Waals surface area contributed by atoms with Crippen molar-refractivity contribution < 1.29 is 9.72 Å². The van der Waals surface area contributed by atoms with E-state index in [2.05, 4.69) is 5.32 Å². The average molecular weight is 342 g/mol. The topological polar surface area (TPSA) is 78.7 Å². The van der Waals surface area contributed by atoms with Crippen LogP contribution in [-0.2, 0) is 6.54 Å². The number of nitro benzene ring substituents is 1. The second kappa shape index (κ2) is 7.65. The van der Waals surface area contributed by atoms with E-state index in [0.717, 1.165) is 11.3 Å². The predicted octanol–water partition coefficient (Wildman–Crippen LogP) is 2.66. The number of hydrogen-bond donors (Lipinski definition) is 1. The van der Waals surface area contributed by atoms with Gasteiger partial charge in [-0.15, -0.1) is 0 Å². The highest BCUT2D eigenvalue weighted by Gasteiger charge is 2.18. The molecule has 2 aromatic rings. The molecule has 0 atom stereocenters. The molecule has 0 aliphatic rings. The van der Waals surface area contributed by atoms with Crippen LogP contribution in [0.2, 0.25) is 0 Å². The Labute approximate surface area is 147 Å². The number of nitrogens with one attached hydrogen (secondary N) is 1. The first-order valence-corrected chi connectivity index (χ1v) is 7.80. The lowest BCUT2D eigenvalue weighted by Gasteiger charge is -2.14. The maximum atomic E-state index is 12.3. The van der Waals surface area contributed by atoms with Crippen molar-refractivity contribution in [3.63, 3.8) is 0 Å². The van der Waals surface area contributed by atoms with Gasteiger partial charge in [0, 0.05) is 52.1 Å². The van der Waals surface area contributed by atoms with E-state index in [4.69, 9.17) is 0 Å². The molecule has 0 unspecified atom stereocenters. The van der Waals surface area contributed by atoms with E-state index < -0.39 is 4.92 Å². The normalized spacial score (nSPS) is 10.2. The molecule has 25 heavy (non-hydrogen) atoms. The fourth-order valence-corrected chi connectivity index (χ4v) is 2.39. The Morgan fingerprint density at radius 3 is 2.20 bits per heavy atom. The molecule has 0 aromatic heterocycles. The van der Waals surface area contributed by atoms with Crippen molar-refractivity contribution in [1.82, 2.24) is 5.32 Å². The third-order valence-electron chi connectivity index (χ3n) is 3.82. The fourth-order valence-electron chi connectivity index (χ4n) is 2.39. The highest BCUT2D eigenvalue weighted by molar-refractivity contribution is 5.95. The van der Waals surface area contributed by atoms with E-state index in [1.165, 1.54) is 6.07 Å². The number of carbonyl (C=O) groups excluding carboxylic acids is 1. The zero-order valence-electron chi connectivity index (χ0n) is 14.8. The van der Waals surface area contributed by atoms with E-state index >= 15 is 0 Å². The van der Waals surface area contributed by atoms with Gasteiger partial charge in [-0.3, -0.25) is 14.9 Å². The summed E-state index contributed by atoms with van der Waals surface area (Å²) in [7, 11) is 7.36. The third-order valence-corrected chi connectivity index (χ3v) is 3.82. The molecule has 1 amide bonds. The molecule has 2 aromatic carbocycles. The number of benzene rings is 2. The van der Waals surface area contributed by atoms with Gasteiger partial charge in [0.1, 0.15) is 5.69 Å². The molecule has 0 aliphatic heterocycles. The van der Waals surface area contributed by atoms with E-state index in [9.17, 15) is 14.9 Å². The Balaban J connectivity index is 2.10. The van der Waals surface area contributed by atoms with Gasteiger partial charge in [0.05, 0.1) is 4.92 Å². The molecule has 132 valence electrons. The van der Waals surface area contributed by atoms with Crippen molar-refractivity contribution in [1.29, 1.82) is 0 Å². The largest absolute Gasteiger partial charge is 0.378 e. The highest BCUT2D eigenvalue weighted by Crippen LogP contribution is 2.27. The van der Waals surface area contributed by atoms with E-state index in [0.29, 0.717) is 12.2 Å². The first-order chi connectivity index (χ1) is 11.8. The Kier molecular flexibility index (Phi) is 5.59. The fraction of sp³-hybridized carbons (Fsp3) is 0.278. The number of hydrogen-bond acceptors (Lipinski definition) is 5. The highest BCUT2D eigenvalue weighted by atomic mass is 16.6. The van der Waals surface area contributed by atoms with Crippen molar-refractivity contribution in [2.45, 2.75) is 6.54 Å². The minimum Gasteiger partial charge on any atom is -0.378 e. The van der Waals surface area contributed by atoms with Crippen LogP contribution in [0.15, 0.2) is 42.5 Å². The summed E-state index contributed by atoms with van der Waals surface area (Å²) in [5, 5.41) is 14.0. The SMILES string of the molecule is CN(C)c1ccc(CNC(=O)c2ccc(N(C)C)c([N+](=O)[O-])c2)cc1. The van der Waals surface area contributed by atoms with Crippen molar-refractivity contribution in [2.75, 3.05) is 38.0 Å². The molecule has 0 spiro atoms. The van der Waals surface area contributed by atoms with Gasteiger partial charge < -0.3 is 15.1 Å². The zero-order chi connectivity index (χ0) is 18.6. The van der Waals surface area contributed by atoms with Crippen LogP contribution < -0.4 is 15.1 Å². The van der Waals surface area contributed by atoms with Gasteiger partial charge in [0.15, 0.2) is 0 Å². The van der Waals surface area contributed by atoms with E-state index in [-0.39, 0.29) is 17.2 Å². The molecule has 2 rings (SSSR count). The molecular formula is C18H22N4O3. The molecular weight excluding hydrogens is 320 g/mol. The van der Waals surface area contributed by atoms with E-state index in [1.54, 1.807) is 31.1 Å². The average Bonchev–Trinajstić information content (AvgIpc) is 2.59. The molecule has 0 heterocycles. The van der Waals surface area contributed by atoms with Crippen LogP contribution >= 0.6 is 0 Å². The number of anilines is 2. The number of carbonyl (C=O) groups is 1. The van der Waals surface area contributed by atoms with Crippen molar-refractivity contribution >= 4 is 23.0 Å². The lowest BCUT2D eigenvalue weighted by atomic mass is 10.1. The van der Waals surface area contributed by atoms with E-state index in [1.807, 2.05) is 43.3 Å². The summed E-state index contributed by atoms with van der Waals surface area (Å²) in [6.45, 7) is 0.357. The predicted molar refractivity (Wildman–Crippen MR) is 99.4 cm³/mol. The molecule has 0 aliphatic carbocycles. The van der Waals surface area contributed by atoms with Crippen LogP contribution in [0.5, 0.6) is 0 Å². The van der Waals surface area contributed by atoms with Gasteiger partial charge in [0.25, 0.3) is 11.6 Å². The summed E-state index contributed by atoms with van der Waals surface area (Å²) >= 11 is 0. The van der Waals surface area contributed by atoms with Crippen molar-refractivity contribution in [3.8, 4) is 0 Å².